The SMILES string of the molecule is CSc1ccc(C(C)N(CC(=O)O)CC(C)C)cc1. The van der Waals surface area contributed by atoms with Crippen molar-refractivity contribution in [1.82, 2.24) is 4.90 Å². The lowest BCUT2D eigenvalue weighted by atomic mass is 10.1. The third kappa shape index (κ3) is 5.25. The molecular weight excluding hydrogens is 258 g/mol. The van der Waals surface area contributed by atoms with Gasteiger partial charge in [0, 0.05) is 17.5 Å². The van der Waals surface area contributed by atoms with Crippen LogP contribution in [0, 0.1) is 5.92 Å². The summed E-state index contributed by atoms with van der Waals surface area (Å²) in [4.78, 5) is 14.2. The molecule has 0 amide bonds. The van der Waals surface area contributed by atoms with Crippen LogP contribution in [0.1, 0.15) is 32.4 Å². The van der Waals surface area contributed by atoms with Gasteiger partial charge in [-0.05, 0) is 36.8 Å². The molecule has 1 aromatic carbocycles. The molecule has 0 aliphatic carbocycles. The Hall–Kier alpha value is -1.00. The van der Waals surface area contributed by atoms with Crippen molar-refractivity contribution < 1.29 is 9.90 Å². The van der Waals surface area contributed by atoms with Crippen LogP contribution < -0.4 is 0 Å². The van der Waals surface area contributed by atoms with Gasteiger partial charge in [-0.15, -0.1) is 11.8 Å². The average molecular weight is 281 g/mol. The summed E-state index contributed by atoms with van der Waals surface area (Å²) in [5.74, 6) is -0.319. The fourth-order valence-corrected chi connectivity index (χ4v) is 2.50. The van der Waals surface area contributed by atoms with Gasteiger partial charge in [0.25, 0.3) is 0 Å². The van der Waals surface area contributed by atoms with Crippen molar-refractivity contribution in [3.63, 3.8) is 0 Å². The van der Waals surface area contributed by atoms with Crippen LogP contribution in [-0.4, -0.2) is 35.3 Å². The smallest absolute Gasteiger partial charge is 0.317 e. The van der Waals surface area contributed by atoms with E-state index < -0.39 is 5.97 Å². The molecule has 0 fully saturated rings. The first-order chi connectivity index (χ1) is 8.93. The molecule has 0 aliphatic rings. The minimum absolute atomic E-state index is 0.0869. The number of carbonyl (C=O) groups is 1. The number of carboxylic acids is 1. The molecule has 0 saturated heterocycles. The Bertz CT molecular complexity index is 403. The fourth-order valence-electron chi connectivity index (χ4n) is 2.10. The van der Waals surface area contributed by atoms with Crippen molar-refractivity contribution in [2.75, 3.05) is 19.3 Å². The van der Waals surface area contributed by atoms with Crippen molar-refractivity contribution in [3.05, 3.63) is 29.8 Å². The zero-order valence-electron chi connectivity index (χ0n) is 12.1. The Morgan fingerprint density at radius 3 is 2.26 bits per heavy atom. The predicted molar refractivity (Wildman–Crippen MR) is 80.7 cm³/mol. The lowest BCUT2D eigenvalue weighted by Crippen LogP contribution is -2.35. The molecule has 0 aliphatic heterocycles. The Morgan fingerprint density at radius 1 is 1.26 bits per heavy atom. The van der Waals surface area contributed by atoms with E-state index in [0.717, 1.165) is 6.54 Å². The summed E-state index contributed by atoms with van der Waals surface area (Å²) < 4.78 is 0. The predicted octanol–water partition coefficient (Wildman–Crippen LogP) is 3.51. The van der Waals surface area contributed by atoms with Gasteiger partial charge in [0.15, 0.2) is 0 Å². The topological polar surface area (TPSA) is 40.5 Å². The van der Waals surface area contributed by atoms with Gasteiger partial charge in [-0.2, -0.15) is 0 Å². The molecule has 0 bridgehead atoms. The minimum Gasteiger partial charge on any atom is -0.480 e. The molecule has 0 spiro atoms. The molecule has 3 nitrogen and oxygen atoms in total. The summed E-state index contributed by atoms with van der Waals surface area (Å²) in [7, 11) is 0. The van der Waals surface area contributed by atoms with E-state index in [0.29, 0.717) is 5.92 Å². The zero-order chi connectivity index (χ0) is 14.4. The van der Waals surface area contributed by atoms with Crippen molar-refractivity contribution in [2.45, 2.75) is 31.7 Å². The van der Waals surface area contributed by atoms with Gasteiger partial charge in [0.1, 0.15) is 0 Å². The summed E-state index contributed by atoms with van der Waals surface area (Å²) in [6.07, 6.45) is 2.05. The largest absolute Gasteiger partial charge is 0.480 e. The van der Waals surface area contributed by atoms with Crippen LogP contribution in [0.2, 0.25) is 0 Å². The second-order valence-electron chi connectivity index (χ2n) is 5.17. The first kappa shape index (κ1) is 16.1. The molecule has 106 valence electrons. The van der Waals surface area contributed by atoms with E-state index in [9.17, 15) is 4.79 Å². The van der Waals surface area contributed by atoms with E-state index in [1.54, 1.807) is 11.8 Å². The van der Waals surface area contributed by atoms with E-state index in [1.807, 2.05) is 11.2 Å². The van der Waals surface area contributed by atoms with Gasteiger partial charge in [0.05, 0.1) is 6.54 Å². The Kier molecular flexibility index (Phi) is 6.38. The molecular formula is C15H23NO2S. The molecule has 0 saturated carbocycles. The number of benzene rings is 1. The highest BCUT2D eigenvalue weighted by Crippen LogP contribution is 2.23. The lowest BCUT2D eigenvalue weighted by molar-refractivity contribution is -0.139. The number of carboxylic acid groups (broad SMARTS) is 1. The van der Waals surface area contributed by atoms with E-state index in [-0.39, 0.29) is 12.6 Å². The number of hydrogen-bond donors (Lipinski definition) is 1. The van der Waals surface area contributed by atoms with E-state index in [1.165, 1.54) is 10.5 Å². The Balaban J connectivity index is 2.83. The van der Waals surface area contributed by atoms with Gasteiger partial charge < -0.3 is 5.11 Å². The third-order valence-electron chi connectivity index (χ3n) is 3.08. The molecule has 4 heteroatoms. The van der Waals surface area contributed by atoms with E-state index >= 15 is 0 Å². The summed E-state index contributed by atoms with van der Waals surface area (Å²) in [6, 6.07) is 8.47. The molecule has 0 radical (unpaired) electrons. The molecule has 1 unspecified atom stereocenters. The maximum Gasteiger partial charge on any atom is 0.317 e. The van der Waals surface area contributed by atoms with Crippen molar-refractivity contribution in [3.8, 4) is 0 Å². The quantitative estimate of drug-likeness (QED) is 0.776. The number of thioether (sulfide) groups is 1. The number of hydrogen-bond acceptors (Lipinski definition) is 3. The van der Waals surface area contributed by atoms with Crippen molar-refractivity contribution in [1.29, 1.82) is 0 Å². The maximum atomic E-state index is 11.0. The van der Waals surface area contributed by atoms with Gasteiger partial charge in [-0.1, -0.05) is 26.0 Å². The van der Waals surface area contributed by atoms with Crippen molar-refractivity contribution >= 4 is 17.7 Å². The fraction of sp³-hybridized carbons (Fsp3) is 0.533. The minimum atomic E-state index is -0.770. The van der Waals surface area contributed by atoms with Crippen LogP contribution in [0.5, 0.6) is 0 Å². The molecule has 1 rings (SSSR count). The first-order valence-corrected chi connectivity index (χ1v) is 7.76. The van der Waals surface area contributed by atoms with Crippen LogP contribution >= 0.6 is 11.8 Å². The zero-order valence-corrected chi connectivity index (χ0v) is 12.9. The molecule has 1 N–H and O–H groups in total. The number of rotatable bonds is 7. The summed E-state index contributed by atoms with van der Waals surface area (Å²) in [5, 5.41) is 9.03. The van der Waals surface area contributed by atoms with Crippen LogP contribution in [0.3, 0.4) is 0 Å². The molecule has 19 heavy (non-hydrogen) atoms. The molecule has 0 heterocycles. The first-order valence-electron chi connectivity index (χ1n) is 6.53. The highest BCUT2D eigenvalue weighted by atomic mass is 32.2. The maximum absolute atomic E-state index is 11.0. The van der Waals surface area contributed by atoms with Crippen LogP contribution in [0.4, 0.5) is 0 Å². The number of aliphatic carboxylic acids is 1. The summed E-state index contributed by atoms with van der Waals surface area (Å²) >= 11 is 1.71. The second kappa shape index (κ2) is 7.56. The van der Waals surface area contributed by atoms with Crippen LogP contribution in [-0.2, 0) is 4.79 Å². The Morgan fingerprint density at radius 2 is 1.84 bits per heavy atom. The number of nitrogens with zero attached hydrogens (tertiary/aromatic N) is 1. The van der Waals surface area contributed by atoms with Crippen LogP contribution in [0.15, 0.2) is 29.2 Å². The van der Waals surface area contributed by atoms with Gasteiger partial charge in [-0.25, -0.2) is 0 Å². The van der Waals surface area contributed by atoms with Crippen LogP contribution in [0.25, 0.3) is 0 Å². The third-order valence-corrected chi connectivity index (χ3v) is 3.83. The summed E-state index contributed by atoms with van der Waals surface area (Å²) in [6.45, 7) is 7.16. The van der Waals surface area contributed by atoms with Gasteiger partial charge in [0.2, 0.25) is 0 Å². The average Bonchev–Trinajstić information content (AvgIpc) is 2.36. The van der Waals surface area contributed by atoms with Crippen molar-refractivity contribution in [2.24, 2.45) is 5.92 Å². The lowest BCUT2D eigenvalue weighted by Gasteiger charge is -2.29. The normalized spacial score (nSPS) is 12.9. The Labute approximate surface area is 120 Å². The van der Waals surface area contributed by atoms with Gasteiger partial charge >= 0.3 is 5.97 Å². The highest BCUT2D eigenvalue weighted by Gasteiger charge is 2.19. The van der Waals surface area contributed by atoms with Gasteiger partial charge in [-0.3, -0.25) is 9.69 Å². The standard InChI is InChI=1S/C15H23NO2S/c1-11(2)9-16(10-15(17)18)12(3)13-5-7-14(19-4)8-6-13/h5-8,11-12H,9-10H2,1-4H3,(H,17,18). The monoisotopic (exact) mass is 281 g/mol. The molecule has 1 aromatic rings. The second-order valence-corrected chi connectivity index (χ2v) is 6.05. The summed E-state index contributed by atoms with van der Waals surface area (Å²) in [5.41, 5.74) is 1.17. The van der Waals surface area contributed by atoms with E-state index in [2.05, 4.69) is 45.0 Å². The molecule has 1 atom stereocenters. The van der Waals surface area contributed by atoms with E-state index in [4.69, 9.17) is 5.11 Å². The molecule has 0 aromatic heterocycles. The highest BCUT2D eigenvalue weighted by molar-refractivity contribution is 7.98.